The van der Waals surface area contributed by atoms with Crippen LogP contribution in [0.25, 0.3) is 0 Å². The van der Waals surface area contributed by atoms with Gasteiger partial charge < -0.3 is 33.2 Å². The summed E-state index contributed by atoms with van der Waals surface area (Å²) < 4.78 is 573. The molecule has 4 fully saturated rings. The van der Waals surface area contributed by atoms with Gasteiger partial charge in [-0.1, -0.05) is 0 Å². The predicted octanol–water partition coefficient (Wildman–Crippen LogP) is -12.2. The van der Waals surface area contributed by atoms with Crippen LogP contribution in [0.2, 0.25) is 0 Å². The lowest BCUT2D eigenvalue weighted by Crippen LogP contribution is -2.69. The van der Waals surface area contributed by atoms with Gasteiger partial charge in [-0.25, -0.2) is 58.6 Å². The molecule has 4 saturated heterocycles. The van der Waals surface area contributed by atoms with E-state index < -0.39 is 295 Å². The van der Waals surface area contributed by atoms with E-state index >= 15 is 0 Å². The van der Waals surface area contributed by atoms with E-state index in [0.717, 1.165) is 0 Å². The topological polar surface area (TPSA) is 955 Å². The fraction of sp³-hybridized carbons (Fsp3) is 1.00. The second-order valence-electron chi connectivity index (χ2n) is 18.2. The summed E-state index contributed by atoms with van der Waals surface area (Å²) in [5, 5.41) is 0. The van der Waals surface area contributed by atoms with Gasteiger partial charge in [0.15, 0.2) is 43.3 Å². The molecule has 0 aromatic carbocycles. The average Bonchev–Trinajstić information content (AvgIpc) is 0.756. The summed E-state index contributed by atoms with van der Waals surface area (Å²) in [7, 11) is -90.6. The lowest BCUT2D eigenvalue weighted by atomic mass is 9.95. The van der Waals surface area contributed by atoms with E-state index in [-0.39, 0.29) is 0 Å². The Morgan fingerprint density at radius 1 is 0.178 bits per heavy atom. The van der Waals surface area contributed by atoms with E-state index in [4.69, 9.17) is 33.2 Å². The molecule has 4 rings (SSSR count). The third-order valence-electron chi connectivity index (χ3n) is 11.1. The molecule has 0 aromatic rings. The maximum absolute atomic E-state index is 12.8. The molecule has 0 amide bonds. The van der Waals surface area contributed by atoms with Crippen molar-refractivity contribution in [2.75, 3.05) is 26.4 Å². The lowest BCUT2D eigenvalue weighted by molar-refractivity contribution is -0.377. The largest absolute Gasteiger partial charge is 0.399 e. The van der Waals surface area contributed by atoms with Gasteiger partial charge in [0.05, 0.1) is 26.4 Å². The molecule has 14 N–H and O–H groups in total. The summed E-state index contributed by atoms with van der Waals surface area (Å²) in [5.41, 5.74) is 0. The van der Waals surface area contributed by atoms with Gasteiger partial charge in [-0.15, -0.1) is 0 Å². The second kappa shape index (κ2) is 33.0. The number of hydrogen-bond acceptors (Lipinski definition) is 49. The monoisotopic (exact) mass is 1790 g/mol. The van der Waals surface area contributed by atoms with E-state index in [0.29, 0.717) is 0 Å². The van der Waals surface area contributed by atoms with E-state index in [1.54, 1.807) is 0 Å². The quantitative estimate of drug-likeness (QED) is 0.0255. The Hall–Kier alpha value is -2.10. The van der Waals surface area contributed by atoms with Crippen LogP contribution in [0.4, 0.5) is 0 Å². The minimum atomic E-state index is -6.82. The van der Waals surface area contributed by atoms with Crippen LogP contribution >= 0.6 is 0 Å². The van der Waals surface area contributed by atoms with Gasteiger partial charge in [-0.3, -0.25) is 63.7 Å². The van der Waals surface area contributed by atoms with Gasteiger partial charge >= 0.3 is 146 Å². The minimum Gasteiger partial charge on any atom is -0.341 e. The first-order valence-corrected chi connectivity index (χ1v) is 42.4. The van der Waals surface area contributed by atoms with Crippen LogP contribution in [-0.2, 0) is 237 Å². The van der Waals surface area contributed by atoms with Crippen LogP contribution in [0.3, 0.4) is 0 Å². The summed E-state index contributed by atoms with van der Waals surface area (Å²) in [4.78, 5) is 0. The molecule has 101 heavy (non-hydrogen) atoms. The molecule has 0 aliphatic carbocycles. The van der Waals surface area contributed by atoms with Crippen molar-refractivity contribution in [1.82, 2.24) is 0 Å². The maximum atomic E-state index is 12.8. The molecule has 77 heteroatoms. The molecule has 600 valence electrons. The van der Waals surface area contributed by atoms with Crippen LogP contribution in [0.1, 0.15) is 0 Å². The minimum absolute atomic E-state index is 2.21. The van der Waals surface area contributed by atoms with Crippen molar-refractivity contribution in [2.45, 2.75) is 123 Å². The fourth-order valence-electron chi connectivity index (χ4n) is 8.38. The lowest BCUT2D eigenvalue weighted by Gasteiger charge is -2.50. The summed E-state index contributed by atoms with van der Waals surface area (Å²) >= 11 is 0. The van der Waals surface area contributed by atoms with Crippen LogP contribution < -0.4 is 0 Å². The van der Waals surface area contributed by atoms with E-state index in [9.17, 15) is 182 Å². The second-order valence-corrected chi connectivity index (χ2v) is 33.1. The first-order chi connectivity index (χ1) is 44.7. The fourth-order valence-corrected chi connectivity index (χ4v) is 14.4. The first kappa shape index (κ1) is 91.3. The molecular weight excluding hydrogens is 1750 g/mol. The van der Waals surface area contributed by atoms with Crippen molar-refractivity contribution in [1.29, 1.82) is 0 Å². The van der Waals surface area contributed by atoms with Crippen molar-refractivity contribution in [3.05, 3.63) is 0 Å². The van der Waals surface area contributed by atoms with Crippen LogP contribution in [-0.4, -0.2) is 331 Å². The Kier molecular flexibility index (Phi) is 29.8. The number of hydrogen-bond donors (Lipinski definition) is 14. The molecule has 0 spiro atoms. The Balaban J connectivity index is 2.20. The van der Waals surface area contributed by atoms with Crippen molar-refractivity contribution in [3.8, 4) is 0 Å². The highest BCUT2D eigenvalue weighted by Crippen LogP contribution is 2.42. The third-order valence-corrected chi connectivity index (χ3v) is 17.4. The van der Waals surface area contributed by atoms with Gasteiger partial charge in [0.1, 0.15) is 73.2 Å². The van der Waals surface area contributed by atoms with Crippen molar-refractivity contribution >= 4 is 146 Å². The van der Waals surface area contributed by atoms with Crippen LogP contribution in [0.5, 0.6) is 0 Å². The summed E-state index contributed by atoms with van der Waals surface area (Å²) in [6, 6.07) is 0. The molecule has 20 atom stereocenters. The zero-order valence-electron chi connectivity index (χ0n) is 46.4. The van der Waals surface area contributed by atoms with Gasteiger partial charge in [-0.2, -0.15) is 118 Å². The van der Waals surface area contributed by atoms with E-state index in [2.05, 4.69) is 58.6 Å². The Morgan fingerprint density at radius 2 is 0.327 bits per heavy atom. The van der Waals surface area contributed by atoms with Crippen LogP contribution in [0.15, 0.2) is 0 Å². The van der Waals surface area contributed by atoms with Gasteiger partial charge in [0.2, 0.25) is 6.29 Å². The summed E-state index contributed by atoms with van der Waals surface area (Å²) in [6.07, 6.45) is -74.0. The standard InChI is InChI=1S/C24H42O63S14/c25-88(26,27)67-1-5-9(13(79-93(40,41)42)18(84-98(55,56)57)22(72-5)77-11-7(3-69-90(31,32)33)74-24(87-101(64,65)66)20(86-100(61,62)63)15(11)81-95(46,47)48)75-21-17(83-97(52,53)54)14(80-94(43,44)45)10(6(71-21)2-68-89(28,29)30)76-23-19(85-99(58,59)60)16(82-96(49,50)51)12(78-92(37,38)39)8(73-23)4-70-91(34,35)36/h5-24H,1-4H2,(H,25,26,27)(H,28,29,30)(H,31,32,33)(H,34,35,36)(H,37,38,39)(H,40,41,42)(H,43,44,45)(H,46,47,48)(H,49,50,51)(H,52,53,54)(H,55,56,57)(H,58,59,60)(H,61,62,63)(H,64,65,66)/t5-,6-,7-,8-,9-,10-,11-,12-,13+,14+,15+,16+,17-,18-,19-,20-,21+,22+,23+,24+/m1/s1. The smallest absolute Gasteiger partial charge is 0.341 e. The summed E-state index contributed by atoms with van der Waals surface area (Å²) in [5.74, 6) is 0. The number of ether oxygens (including phenoxy) is 7. The molecule has 0 saturated carbocycles. The maximum Gasteiger partial charge on any atom is 0.399 e. The molecule has 0 radical (unpaired) electrons. The highest BCUT2D eigenvalue weighted by molar-refractivity contribution is 7.84. The van der Waals surface area contributed by atoms with E-state index in [1.807, 2.05) is 0 Å². The predicted molar refractivity (Wildman–Crippen MR) is 280 cm³/mol. The van der Waals surface area contributed by atoms with Crippen molar-refractivity contribution < 1.29 is 273 Å². The first-order valence-electron chi connectivity index (χ1n) is 23.3. The summed E-state index contributed by atoms with van der Waals surface area (Å²) in [6.45, 7) is -9.34. The van der Waals surface area contributed by atoms with Gasteiger partial charge in [0, 0.05) is 0 Å². The SMILES string of the molecule is O=S(=O)(O)OC[C@H]1O[C@@H](O[C@H]2[C@H](OS(=O)(=O)O)[C@@H](OS(=O)(=O)O)[C@H](OS(=O)(=O)O)O[C@@H]2COS(=O)(=O)O)[C@H](OS(=O)(=O)O)[C@@H](OS(=O)(=O)O)[C@@H]1O[C@@H]1O[C@H](COS(=O)(=O)O)[C@@H](O[C@@H]2O[C@H](COS(=O)(=O)O)[C@@H](OS(=O)(=O)O)[C@H](OS(=O)(=O)O)[C@H]2OS(=O)(=O)O)[C@H](OS(=O)(=O)O)[C@H]1OS(=O)(=O)O. The molecule has 0 unspecified atom stereocenters. The molecule has 0 aromatic heterocycles. The molecule has 4 aliphatic heterocycles. The highest BCUT2D eigenvalue weighted by atomic mass is 32.3. The number of rotatable bonds is 38. The zero-order valence-corrected chi connectivity index (χ0v) is 57.8. The molecular formula is C24H42O63S14. The van der Waals surface area contributed by atoms with Gasteiger partial charge in [-0.05, 0) is 0 Å². The molecule has 4 heterocycles. The van der Waals surface area contributed by atoms with Crippen molar-refractivity contribution in [2.24, 2.45) is 0 Å². The van der Waals surface area contributed by atoms with Crippen LogP contribution in [0, 0.1) is 0 Å². The highest BCUT2D eigenvalue weighted by Gasteiger charge is 2.63. The average molecular weight is 1790 g/mol. The Morgan fingerprint density at radius 3 is 0.515 bits per heavy atom. The van der Waals surface area contributed by atoms with Crippen molar-refractivity contribution in [3.63, 3.8) is 0 Å². The van der Waals surface area contributed by atoms with Gasteiger partial charge in [0.25, 0.3) is 0 Å². The van der Waals surface area contributed by atoms with E-state index in [1.165, 1.54) is 0 Å². The molecule has 63 nitrogen and oxygen atoms in total. The molecule has 0 bridgehead atoms. The normalized spacial score (nSPS) is 32.5. The third kappa shape index (κ3) is 33.5. The molecule has 4 aliphatic rings. The Bertz CT molecular complexity index is 4610. The zero-order chi connectivity index (χ0) is 78.2. The Labute approximate surface area is 564 Å².